The van der Waals surface area contributed by atoms with Gasteiger partial charge in [-0.3, -0.25) is 15.0 Å². The van der Waals surface area contributed by atoms with Crippen molar-refractivity contribution in [1.82, 2.24) is 5.32 Å². The van der Waals surface area contributed by atoms with E-state index in [-0.39, 0.29) is 25.3 Å². The molecule has 3 amide bonds. The van der Waals surface area contributed by atoms with Gasteiger partial charge in [0.2, 0.25) is 5.91 Å². The second-order valence-electron chi connectivity index (χ2n) is 3.69. The number of alkyl halides is 1. The number of carbonyl (C=O) groups is 2. The number of halogens is 1. The lowest BCUT2D eigenvalue weighted by Gasteiger charge is -2.21. The predicted molar refractivity (Wildman–Crippen MR) is 72.9 cm³/mol. The van der Waals surface area contributed by atoms with E-state index < -0.39 is 11.9 Å². The molecule has 19 heavy (non-hydrogen) atoms. The first-order chi connectivity index (χ1) is 9.19. The average Bonchev–Trinajstić information content (AvgIpc) is 2.40. The summed E-state index contributed by atoms with van der Waals surface area (Å²) in [5.41, 5.74) is 0.633. The molecule has 0 aliphatic rings. The molecule has 0 radical (unpaired) electrons. The fourth-order valence-corrected chi connectivity index (χ4v) is 1.62. The van der Waals surface area contributed by atoms with E-state index in [0.29, 0.717) is 5.69 Å². The summed E-state index contributed by atoms with van der Waals surface area (Å²) in [7, 11) is 0. The Hall–Kier alpha value is -2.06. The van der Waals surface area contributed by atoms with Gasteiger partial charge in [-0.05, 0) is 12.1 Å². The highest BCUT2D eigenvalue weighted by Gasteiger charge is 2.17. The molecule has 0 spiro atoms. The van der Waals surface area contributed by atoms with Crippen molar-refractivity contribution < 1.29 is 9.59 Å². The van der Waals surface area contributed by atoms with E-state index in [1.165, 1.54) is 4.90 Å². The molecule has 6 heteroatoms. The van der Waals surface area contributed by atoms with Crippen molar-refractivity contribution in [2.45, 2.75) is 12.8 Å². The number of hydrogen-bond acceptors (Lipinski definition) is 3. The number of carbonyl (C=O) groups excluding carboxylic acids is 2. The molecule has 1 N–H and O–H groups in total. The third kappa shape index (κ3) is 4.98. The van der Waals surface area contributed by atoms with Gasteiger partial charge in [-0.25, -0.2) is 4.79 Å². The number of urea groups is 1. The normalized spacial score (nSPS) is 9.47. The lowest BCUT2D eigenvalue weighted by molar-refractivity contribution is -0.119. The van der Waals surface area contributed by atoms with Crippen molar-refractivity contribution in [3.8, 4) is 6.07 Å². The van der Waals surface area contributed by atoms with Crippen LogP contribution in [0.2, 0.25) is 0 Å². The first kappa shape index (κ1) is 15.0. The Kier molecular flexibility index (Phi) is 6.41. The fraction of sp³-hybridized carbons (Fsp3) is 0.308. The van der Waals surface area contributed by atoms with E-state index in [9.17, 15) is 9.59 Å². The maximum atomic E-state index is 12.0. The monoisotopic (exact) mass is 279 g/mol. The number of nitriles is 1. The van der Waals surface area contributed by atoms with Gasteiger partial charge in [0.05, 0.1) is 12.5 Å². The van der Waals surface area contributed by atoms with Crippen LogP contribution in [0.1, 0.15) is 12.8 Å². The van der Waals surface area contributed by atoms with E-state index in [1.807, 2.05) is 12.1 Å². The molecule has 0 aromatic heterocycles. The molecule has 1 aromatic carbocycles. The highest BCUT2D eigenvalue weighted by molar-refractivity contribution is 6.19. The second-order valence-corrected chi connectivity index (χ2v) is 4.07. The van der Waals surface area contributed by atoms with Crippen LogP contribution in [0, 0.1) is 11.3 Å². The van der Waals surface area contributed by atoms with Crippen LogP contribution in [0.4, 0.5) is 10.5 Å². The molecular formula is C13H14ClN3O2. The number of nitrogens with zero attached hydrogens (tertiary/aromatic N) is 2. The second kappa shape index (κ2) is 8.11. The minimum Gasteiger partial charge on any atom is -0.293 e. The quantitative estimate of drug-likeness (QED) is 0.840. The van der Waals surface area contributed by atoms with E-state index in [2.05, 4.69) is 5.32 Å². The Morgan fingerprint density at radius 3 is 2.58 bits per heavy atom. The van der Waals surface area contributed by atoms with Crippen molar-refractivity contribution in [1.29, 1.82) is 5.26 Å². The molecule has 0 saturated carbocycles. The molecular weight excluding hydrogens is 266 g/mol. The van der Waals surface area contributed by atoms with Crippen LogP contribution < -0.4 is 10.2 Å². The van der Waals surface area contributed by atoms with Gasteiger partial charge < -0.3 is 0 Å². The summed E-state index contributed by atoms with van der Waals surface area (Å²) in [6.45, 7) is 0.223. The van der Waals surface area contributed by atoms with Gasteiger partial charge in [-0.2, -0.15) is 5.26 Å². The van der Waals surface area contributed by atoms with E-state index in [4.69, 9.17) is 16.9 Å². The van der Waals surface area contributed by atoms with Gasteiger partial charge in [0.25, 0.3) is 0 Å². The Bertz CT molecular complexity index is 471. The summed E-state index contributed by atoms with van der Waals surface area (Å²) < 4.78 is 0. The first-order valence-electron chi connectivity index (χ1n) is 5.78. The Labute approximate surface area is 116 Å². The number of benzene rings is 1. The van der Waals surface area contributed by atoms with Crippen LogP contribution in [-0.4, -0.2) is 24.4 Å². The molecule has 0 atom stereocenters. The molecule has 0 aliphatic carbocycles. The standard InChI is InChI=1S/C13H14ClN3O2/c14-8-7-12(18)16-13(19)17(10-4-9-15)11-5-2-1-3-6-11/h1-3,5-6H,4,7-8,10H2,(H,16,18,19). The number of para-hydroxylation sites is 1. The van der Waals surface area contributed by atoms with E-state index in [1.54, 1.807) is 24.3 Å². The maximum Gasteiger partial charge on any atom is 0.328 e. The number of anilines is 1. The van der Waals surface area contributed by atoms with Crippen LogP contribution in [0.15, 0.2) is 30.3 Å². The number of rotatable bonds is 5. The number of amides is 3. The zero-order valence-corrected chi connectivity index (χ0v) is 11.1. The van der Waals surface area contributed by atoms with Crippen molar-refractivity contribution in [2.75, 3.05) is 17.3 Å². The van der Waals surface area contributed by atoms with Crippen LogP contribution in [-0.2, 0) is 4.79 Å². The summed E-state index contributed by atoms with van der Waals surface area (Å²) in [5.74, 6) is -0.277. The molecule has 1 aromatic rings. The molecule has 100 valence electrons. The Morgan fingerprint density at radius 1 is 1.32 bits per heavy atom. The third-order valence-electron chi connectivity index (χ3n) is 2.33. The van der Waals surface area contributed by atoms with Crippen LogP contribution >= 0.6 is 11.6 Å². The molecule has 5 nitrogen and oxygen atoms in total. The number of imide groups is 1. The van der Waals surface area contributed by atoms with Crippen molar-refractivity contribution in [3.63, 3.8) is 0 Å². The van der Waals surface area contributed by atoms with Gasteiger partial charge in [0, 0.05) is 24.5 Å². The largest absolute Gasteiger partial charge is 0.328 e. The first-order valence-corrected chi connectivity index (χ1v) is 6.31. The van der Waals surface area contributed by atoms with Crippen LogP contribution in [0.25, 0.3) is 0 Å². The SMILES string of the molecule is N#CCCN(C(=O)NC(=O)CCCl)c1ccccc1. The highest BCUT2D eigenvalue weighted by Crippen LogP contribution is 2.13. The predicted octanol–water partition coefficient (Wildman–Crippen LogP) is 2.27. The molecule has 0 aliphatic heterocycles. The van der Waals surface area contributed by atoms with Crippen LogP contribution in [0.3, 0.4) is 0 Å². The fourth-order valence-electron chi connectivity index (χ4n) is 1.45. The van der Waals surface area contributed by atoms with Gasteiger partial charge >= 0.3 is 6.03 Å². The lowest BCUT2D eigenvalue weighted by Crippen LogP contribution is -2.43. The topological polar surface area (TPSA) is 73.2 Å². The molecule has 0 heterocycles. The zero-order chi connectivity index (χ0) is 14.1. The summed E-state index contributed by atoms with van der Waals surface area (Å²) in [6.07, 6.45) is 0.264. The van der Waals surface area contributed by atoms with Crippen LogP contribution in [0.5, 0.6) is 0 Å². The van der Waals surface area contributed by atoms with Crippen molar-refractivity contribution in [3.05, 3.63) is 30.3 Å². The molecule has 0 saturated heterocycles. The number of hydrogen-bond donors (Lipinski definition) is 1. The van der Waals surface area contributed by atoms with Gasteiger partial charge in [-0.1, -0.05) is 18.2 Å². The third-order valence-corrected chi connectivity index (χ3v) is 2.52. The molecule has 0 unspecified atom stereocenters. The molecule has 1 rings (SSSR count). The van der Waals surface area contributed by atoms with E-state index in [0.717, 1.165) is 0 Å². The highest BCUT2D eigenvalue weighted by atomic mass is 35.5. The van der Waals surface area contributed by atoms with E-state index >= 15 is 0 Å². The smallest absolute Gasteiger partial charge is 0.293 e. The Morgan fingerprint density at radius 2 is 2.00 bits per heavy atom. The zero-order valence-electron chi connectivity index (χ0n) is 10.3. The minimum absolute atomic E-state index is 0.0776. The molecule has 0 fully saturated rings. The minimum atomic E-state index is -0.545. The summed E-state index contributed by atoms with van der Waals surface area (Å²) in [5, 5.41) is 10.9. The summed E-state index contributed by atoms with van der Waals surface area (Å²) in [6, 6.07) is 10.3. The summed E-state index contributed by atoms with van der Waals surface area (Å²) in [4.78, 5) is 24.7. The van der Waals surface area contributed by atoms with Crippen molar-refractivity contribution >= 4 is 29.2 Å². The van der Waals surface area contributed by atoms with Crippen molar-refractivity contribution in [2.24, 2.45) is 0 Å². The average molecular weight is 280 g/mol. The maximum absolute atomic E-state index is 12.0. The lowest BCUT2D eigenvalue weighted by atomic mass is 10.3. The number of nitrogens with one attached hydrogen (secondary N) is 1. The van der Waals surface area contributed by atoms with Gasteiger partial charge in [0.15, 0.2) is 0 Å². The Balaban J connectivity index is 2.77. The summed E-state index contributed by atoms with van der Waals surface area (Å²) >= 11 is 5.43. The molecule has 0 bridgehead atoms. The van der Waals surface area contributed by atoms with Gasteiger partial charge in [-0.15, -0.1) is 11.6 Å². The van der Waals surface area contributed by atoms with Gasteiger partial charge in [0.1, 0.15) is 0 Å².